The van der Waals surface area contributed by atoms with Crippen molar-refractivity contribution in [1.82, 2.24) is 5.32 Å². The first-order chi connectivity index (χ1) is 6.02. The smallest absolute Gasteiger partial charge is 0.324 e. The number of rotatable bonds is 5. The number of esters is 1. The molecule has 0 saturated carbocycles. The van der Waals surface area contributed by atoms with Gasteiger partial charge in [0.1, 0.15) is 12.1 Å². The van der Waals surface area contributed by atoms with Crippen LogP contribution in [0.15, 0.2) is 0 Å². The maximum absolute atomic E-state index is 10.7. The predicted molar refractivity (Wildman–Crippen MR) is 46.3 cm³/mol. The van der Waals surface area contributed by atoms with E-state index in [9.17, 15) is 9.59 Å². The molecule has 0 aromatic heterocycles. The Morgan fingerprint density at radius 3 is 2.31 bits per heavy atom. The Morgan fingerprint density at radius 2 is 2.08 bits per heavy atom. The molecular weight excluding hydrogens is 174 g/mol. The lowest BCUT2D eigenvalue weighted by molar-refractivity contribution is -0.153. The monoisotopic (exact) mass is 189 g/mol. The molecule has 0 saturated heterocycles. The first-order valence-electron chi connectivity index (χ1n) is 4.10. The molecule has 0 heterocycles. The maximum atomic E-state index is 10.7. The van der Waals surface area contributed by atoms with Gasteiger partial charge in [-0.05, 0) is 13.5 Å². The lowest BCUT2D eigenvalue weighted by atomic mass is 10.1. The standard InChI is InChI=1S/C8H15NO4/c1-4-6(13-5(2)10)7(9-3)8(11)12/h6-7,9H,4H2,1-3H3,(H,11,12). The van der Waals surface area contributed by atoms with Crippen molar-refractivity contribution in [3.8, 4) is 0 Å². The van der Waals surface area contributed by atoms with Gasteiger partial charge in [-0.2, -0.15) is 0 Å². The summed E-state index contributed by atoms with van der Waals surface area (Å²) in [4.78, 5) is 21.3. The van der Waals surface area contributed by atoms with Crippen LogP contribution in [0.3, 0.4) is 0 Å². The third kappa shape index (κ3) is 3.89. The van der Waals surface area contributed by atoms with Crippen molar-refractivity contribution in [2.45, 2.75) is 32.4 Å². The number of ether oxygens (including phenoxy) is 1. The van der Waals surface area contributed by atoms with Gasteiger partial charge in [-0.15, -0.1) is 0 Å². The van der Waals surface area contributed by atoms with Crippen LogP contribution in [0.5, 0.6) is 0 Å². The summed E-state index contributed by atoms with van der Waals surface area (Å²) in [6.07, 6.45) is -0.141. The molecule has 0 spiro atoms. The molecule has 0 aliphatic rings. The molecule has 0 aromatic rings. The van der Waals surface area contributed by atoms with Crippen molar-refractivity contribution in [1.29, 1.82) is 0 Å². The van der Waals surface area contributed by atoms with E-state index in [1.807, 2.05) is 0 Å². The number of carboxylic acids is 1. The van der Waals surface area contributed by atoms with E-state index in [0.29, 0.717) is 6.42 Å². The summed E-state index contributed by atoms with van der Waals surface area (Å²) >= 11 is 0. The summed E-state index contributed by atoms with van der Waals surface area (Å²) < 4.78 is 4.83. The summed E-state index contributed by atoms with van der Waals surface area (Å²) in [7, 11) is 1.52. The van der Waals surface area contributed by atoms with Crippen LogP contribution >= 0.6 is 0 Å². The second-order valence-corrected chi connectivity index (χ2v) is 2.66. The van der Waals surface area contributed by atoms with Gasteiger partial charge in [0.15, 0.2) is 0 Å². The Kier molecular flexibility index (Phi) is 5.06. The molecule has 2 unspecified atom stereocenters. The van der Waals surface area contributed by atoms with Gasteiger partial charge in [0.05, 0.1) is 0 Å². The van der Waals surface area contributed by atoms with Gasteiger partial charge in [0.25, 0.3) is 0 Å². The number of carboxylic acid groups (broad SMARTS) is 1. The molecule has 0 bridgehead atoms. The van der Waals surface area contributed by atoms with Crippen LogP contribution in [0.25, 0.3) is 0 Å². The van der Waals surface area contributed by atoms with E-state index in [-0.39, 0.29) is 0 Å². The lowest BCUT2D eigenvalue weighted by Gasteiger charge is -2.21. The number of carbonyl (C=O) groups excluding carboxylic acids is 1. The van der Waals surface area contributed by atoms with Crippen molar-refractivity contribution in [2.24, 2.45) is 0 Å². The molecule has 0 rings (SSSR count). The lowest BCUT2D eigenvalue weighted by Crippen LogP contribution is -2.45. The highest BCUT2D eigenvalue weighted by Gasteiger charge is 2.27. The summed E-state index contributed by atoms with van der Waals surface area (Å²) in [5.41, 5.74) is 0. The molecule has 0 fully saturated rings. The van der Waals surface area contributed by atoms with Crippen molar-refractivity contribution in [2.75, 3.05) is 7.05 Å². The van der Waals surface area contributed by atoms with E-state index >= 15 is 0 Å². The molecule has 0 radical (unpaired) electrons. The number of carbonyl (C=O) groups is 2. The minimum Gasteiger partial charge on any atom is -0.480 e. The van der Waals surface area contributed by atoms with Gasteiger partial charge >= 0.3 is 11.9 Å². The molecule has 0 amide bonds. The molecule has 5 nitrogen and oxygen atoms in total. The van der Waals surface area contributed by atoms with E-state index in [1.54, 1.807) is 6.92 Å². The van der Waals surface area contributed by atoms with Crippen molar-refractivity contribution >= 4 is 11.9 Å². The SMILES string of the molecule is CCC(OC(C)=O)C(NC)C(=O)O. The fourth-order valence-corrected chi connectivity index (χ4v) is 1.07. The largest absolute Gasteiger partial charge is 0.480 e. The van der Waals surface area contributed by atoms with E-state index in [1.165, 1.54) is 14.0 Å². The first kappa shape index (κ1) is 11.9. The van der Waals surface area contributed by atoms with E-state index in [4.69, 9.17) is 9.84 Å². The number of likely N-dealkylation sites (N-methyl/N-ethyl adjacent to an activating group) is 1. The minimum absolute atomic E-state index is 0.464. The molecule has 5 heteroatoms. The zero-order valence-electron chi connectivity index (χ0n) is 8.03. The zero-order valence-corrected chi connectivity index (χ0v) is 8.03. The highest BCUT2D eigenvalue weighted by molar-refractivity contribution is 5.75. The zero-order chi connectivity index (χ0) is 10.4. The van der Waals surface area contributed by atoms with Gasteiger partial charge < -0.3 is 15.2 Å². The molecule has 2 N–H and O–H groups in total. The Morgan fingerprint density at radius 1 is 1.54 bits per heavy atom. The van der Waals surface area contributed by atoms with Crippen LogP contribution in [-0.4, -0.2) is 36.2 Å². The molecule has 2 atom stereocenters. The van der Waals surface area contributed by atoms with Crippen molar-refractivity contribution < 1.29 is 19.4 Å². The highest BCUT2D eigenvalue weighted by atomic mass is 16.5. The number of hydrogen-bond donors (Lipinski definition) is 2. The number of hydrogen-bond acceptors (Lipinski definition) is 4. The van der Waals surface area contributed by atoms with Gasteiger partial charge in [-0.3, -0.25) is 9.59 Å². The second kappa shape index (κ2) is 5.53. The van der Waals surface area contributed by atoms with E-state index in [0.717, 1.165) is 0 Å². The molecular formula is C8H15NO4. The predicted octanol–water partition coefficient (Wildman–Crippen LogP) is 0.000700. The third-order valence-corrected chi connectivity index (χ3v) is 1.67. The maximum Gasteiger partial charge on any atom is 0.324 e. The van der Waals surface area contributed by atoms with Crippen molar-refractivity contribution in [3.05, 3.63) is 0 Å². The third-order valence-electron chi connectivity index (χ3n) is 1.67. The van der Waals surface area contributed by atoms with E-state index in [2.05, 4.69) is 5.32 Å². The van der Waals surface area contributed by atoms with Gasteiger partial charge in [-0.1, -0.05) is 6.92 Å². The summed E-state index contributed by atoms with van der Waals surface area (Å²) in [5.74, 6) is -1.48. The summed E-state index contributed by atoms with van der Waals surface area (Å²) in [6, 6.07) is -0.839. The van der Waals surface area contributed by atoms with Crippen LogP contribution in [0.2, 0.25) is 0 Å². The average Bonchev–Trinajstić information content (AvgIpc) is 2.02. The molecule has 0 aliphatic carbocycles. The summed E-state index contributed by atoms with van der Waals surface area (Å²) in [5, 5.41) is 11.3. The second-order valence-electron chi connectivity index (χ2n) is 2.66. The van der Waals surface area contributed by atoms with Crippen LogP contribution in [0, 0.1) is 0 Å². The van der Waals surface area contributed by atoms with Crippen LogP contribution in [-0.2, 0) is 14.3 Å². The van der Waals surface area contributed by atoms with Crippen LogP contribution in [0.4, 0.5) is 0 Å². The average molecular weight is 189 g/mol. The van der Waals surface area contributed by atoms with Gasteiger partial charge in [0.2, 0.25) is 0 Å². The Bertz CT molecular complexity index is 193. The van der Waals surface area contributed by atoms with Gasteiger partial charge in [-0.25, -0.2) is 0 Å². The minimum atomic E-state index is -1.02. The quantitative estimate of drug-likeness (QED) is 0.595. The number of aliphatic carboxylic acids is 1. The van der Waals surface area contributed by atoms with Crippen molar-refractivity contribution in [3.63, 3.8) is 0 Å². The molecule has 13 heavy (non-hydrogen) atoms. The van der Waals surface area contributed by atoms with E-state index < -0.39 is 24.1 Å². The molecule has 76 valence electrons. The normalized spacial score (nSPS) is 14.7. The topological polar surface area (TPSA) is 75.6 Å². The molecule has 0 aromatic carbocycles. The summed E-state index contributed by atoms with van der Waals surface area (Å²) in [6.45, 7) is 3.03. The Hall–Kier alpha value is -1.10. The Balaban J connectivity index is 4.33. The molecule has 0 aliphatic heterocycles. The fourth-order valence-electron chi connectivity index (χ4n) is 1.07. The number of nitrogens with one attached hydrogen (secondary N) is 1. The van der Waals surface area contributed by atoms with Gasteiger partial charge in [0, 0.05) is 6.92 Å². The first-order valence-corrected chi connectivity index (χ1v) is 4.10. The fraction of sp³-hybridized carbons (Fsp3) is 0.750. The highest BCUT2D eigenvalue weighted by Crippen LogP contribution is 2.04. The Labute approximate surface area is 77.1 Å². The van der Waals surface area contributed by atoms with Crippen LogP contribution < -0.4 is 5.32 Å². The van der Waals surface area contributed by atoms with Crippen LogP contribution in [0.1, 0.15) is 20.3 Å².